The molecule has 2 heterocycles. The molecule has 0 aliphatic carbocycles. The van der Waals surface area contributed by atoms with E-state index in [0.717, 1.165) is 25.1 Å². The van der Waals surface area contributed by atoms with Gasteiger partial charge in [0.05, 0.1) is 11.7 Å². The summed E-state index contributed by atoms with van der Waals surface area (Å²) in [6.45, 7) is 2.90. The number of benzene rings is 1. The lowest BCUT2D eigenvalue weighted by Gasteiger charge is -2.22. The molecule has 0 N–H and O–H groups in total. The molecule has 0 saturated carbocycles. The molecule has 1 aliphatic rings. The van der Waals surface area contributed by atoms with Crippen molar-refractivity contribution in [3.05, 3.63) is 45.6 Å². The molecule has 0 radical (unpaired) electrons. The van der Waals surface area contributed by atoms with E-state index < -0.39 is 0 Å². The van der Waals surface area contributed by atoms with Crippen LogP contribution in [-0.2, 0) is 6.54 Å². The van der Waals surface area contributed by atoms with Crippen molar-refractivity contribution in [3.8, 4) is 5.69 Å². The number of fused-ring (bicyclic) bond motifs is 1. The first-order valence-electron chi connectivity index (χ1n) is 6.20. The smallest absolute Gasteiger partial charge is 0.256 e. The number of rotatable bonds is 1. The van der Waals surface area contributed by atoms with Gasteiger partial charge in [0, 0.05) is 6.54 Å². The first kappa shape index (κ1) is 11.5. The van der Waals surface area contributed by atoms with Crippen LogP contribution in [0.4, 0.5) is 0 Å². The largest absolute Gasteiger partial charge is 0.350 e. The number of nitrogens with zero attached hydrogens (tertiary/aromatic N) is 3. The standard InChI is InChI=1S/C13H15N3OS/c1-10-6-5-9-14-13(18)15(12(17)16(10)14)11-7-3-2-4-8-11/h2-4,7-8,10H,5-6,9H2,1H3. The van der Waals surface area contributed by atoms with E-state index in [1.807, 2.05) is 35.0 Å². The van der Waals surface area contributed by atoms with Gasteiger partial charge in [-0.1, -0.05) is 18.2 Å². The highest BCUT2D eigenvalue weighted by molar-refractivity contribution is 7.71. The second kappa shape index (κ2) is 4.24. The molecular weight excluding hydrogens is 246 g/mol. The van der Waals surface area contributed by atoms with Crippen LogP contribution in [-0.4, -0.2) is 13.9 Å². The average Bonchev–Trinajstić information content (AvgIpc) is 2.64. The van der Waals surface area contributed by atoms with Gasteiger partial charge in [-0.15, -0.1) is 0 Å². The molecule has 4 nitrogen and oxygen atoms in total. The van der Waals surface area contributed by atoms with Gasteiger partial charge in [0.2, 0.25) is 4.77 Å². The van der Waals surface area contributed by atoms with E-state index in [9.17, 15) is 4.79 Å². The van der Waals surface area contributed by atoms with Gasteiger partial charge < -0.3 is 0 Å². The lowest BCUT2D eigenvalue weighted by molar-refractivity contribution is 0.291. The van der Waals surface area contributed by atoms with Crippen molar-refractivity contribution in [2.75, 3.05) is 0 Å². The normalized spacial score (nSPS) is 18.6. The number of hydrogen-bond acceptors (Lipinski definition) is 2. The van der Waals surface area contributed by atoms with Crippen LogP contribution in [0.5, 0.6) is 0 Å². The van der Waals surface area contributed by atoms with Crippen LogP contribution in [0.3, 0.4) is 0 Å². The van der Waals surface area contributed by atoms with Crippen molar-refractivity contribution in [1.82, 2.24) is 13.9 Å². The second-order valence-electron chi connectivity index (χ2n) is 4.70. The molecule has 1 unspecified atom stereocenters. The van der Waals surface area contributed by atoms with Crippen molar-refractivity contribution in [1.29, 1.82) is 0 Å². The molecular formula is C13H15N3OS. The van der Waals surface area contributed by atoms with Crippen molar-refractivity contribution in [2.24, 2.45) is 0 Å². The van der Waals surface area contributed by atoms with Gasteiger partial charge in [0.15, 0.2) is 0 Å². The van der Waals surface area contributed by atoms with Crippen molar-refractivity contribution in [2.45, 2.75) is 32.4 Å². The van der Waals surface area contributed by atoms with E-state index in [4.69, 9.17) is 12.2 Å². The Morgan fingerprint density at radius 3 is 2.67 bits per heavy atom. The highest BCUT2D eigenvalue weighted by Crippen LogP contribution is 2.19. The minimum atomic E-state index is -0.0293. The molecule has 1 aromatic carbocycles. The van der Waals surface area contributed by atoms with E-state index in [1.165, 1.54) is 0 Å². The van der Waals surface area contributed by atoms with Gasteiger partial charge in [-0.25, -0.2) is 14.0 Å². The summed E-state index contributed by atoms with van der Waals surface area (Å²) in [5.74, 6) is 0. The fourth-order valence-electron chi connectivity index (χ4n) is 2.58. The minimum absolute atomic E-state index is 0.0293. The summed E-state index contributed by atoms with van der Waals surface area (Å²) < 4.78 is 5.94. The summed E-state index contributed by atoms with van der Waals surface area (Å²) in [5.41, 5.74) is 0.813. The van der Waals surface area contributed by atoms with Gasteiger partial charge >= 0.3 is 5.69 Å². The predicted molar refractivity (Wildman–Crippen MR) is 72.8 cm³/mol. The summed E-state index contributed by atoms with van der Waals surface area (Å²) in [5, 5.41) is 0. The topological polar surface area (TPSA) is 31.9 Å². The first-order chi connectivity index (χ1) is 8.70. The molecule has 1 aromatic heterocycles. The lowest BCUT2D eigenvalue weighted by Crippen LogP contribution is -2.32. The third-order valence-corrected chi connectivity index (χ3v) is 3.88. The van der Waals surface area contributed by atoms with E-state index >= 15 is 0 Å². The molecule has 3 rings (SSSR count). The molecule has 2 aromatic rings. The predicted octanol–water partition coefficient (Wildman–Crippen LogP) is 2.52. The molecule has 0 saturated heterocycles. The highest BCUT2D eigenvalue weighted by Gasteiger charge is 2.21. The van der Waals surface area contributed by atoms with Crippen LogP contribution in [0.15, 0.2) is 35.1 Å². The average molecular weight is 261 g/mol. The number of hydrogen-bond donors (Lipinski definition) is 0. The third kappa shape index (κ3) is 1.58. The summed E-state index contributed by atoms with van der Waals surface area (Å²) >= 11 is 5.44. The van der Waals surface area contributed by atoms with Gasteiger partial charge in [-0.2, -0.15) is 0 Å². The quantitative estimate of drug-likeness (QED) is 0.739. The van der Waals surface area contributed by atoms with Crippen LogP contribution >= 0.6 is 12.2 Å². The highest BCUT2D eigenvalue weighted by atomic mass is 32.1. The maximum absolute atomic E-state index is 12.5. The molecule has 0 bridgehead atoms. The zero-order chi connectivity index (χ0) is 12.7. The molecule has 0 amide bonds. The molecule has 5 heteroatoms. The molecule has 0 spiro atoms. The van der Waals surface area contributed by atoms with Crippen molar-refractivity contribution < 1.29 is 0 Å². The fourth-order valence-corrected chi connectivity index (χ4v) is 2.94. The van der Waals surface area contributed by atoms with E-state index in [1.54, 1.807) is 9.25 Å². The molecule has 0 fully saturated rings. The van der Waals surface area contributed by atoms with Crippen LogP contribution < -0.4 is 5.69 Å². The Labute approximate surface area is 110 Å². The molecule has 94 valence electrons. The summed E-state index contributed by atoms with van der Waals surface area (Å²) in [4.78, 5) is 12.5. The van der Waals surface area contributed by atoms with Crippen molar-refractivity contribution >= 4 is 12.2 Å². The molecule has 1 atom stereocenters. The SMILES string of the molecule is CC1CCCn2c(=S)n(-c3ccccc3)c(=O)n21. The first-order valence-corrected chi connectivity index (χ1v) is 6.61. The Hall–Kier alpha value is -1.62. The van der Waals surface area contributed by atoms with Gasteiger partial charge in [0.25, 0.3) is 0 Å². The monoisotopic (exact) mass is 261 g/mol. The zero-order valence-corrected chi connectivity index (χ0v) is 11.1. The Morgan fingerprint density at radius 2 is 2.00 bits per heavy atom. The second-order valence-corrected chi connectivity index (χ2v) is 5.06. The molecule has 1 aliphatic heterocycles. The van der Waals surface area contributed by atoms with Gasteiger partial charge in [-0.05, 0) is 44.1 Å². The lowest BCUT2D eigenvalue weighted by atomic mass is 10.1. The fraction of sp³-hybridized carbons (Fsp3) is 0.385. The summed E-state index contributed by atoms with van der Waals surface area (Å²) in [6.07, 6.45) is 2.11. The van der Waals surface area contributed by atoms with E-state index in [2.05, 4.69) is 6.92 Å². The number of para-hydroxylation sites is 1. The van der Waals surface area contributed by atoms with Crippen molar-refractivity contribution in [3.63, 3.8) is 0 Å². The Bertz CT molecular complexity index is 680. The zero-order valence-electron chi connectivity index (χ0n) is 10.2. The van der Waals surface area contributed by atoms with Crippen LogP contribution in [0.2, 0.25) is 0 Å². The van der Waals surface area contributed by atoms with E-state index in [0.29, 0.717) is 4.77 Å². The molecule has 18 heavy (non-hydrogen) atoms. The maximum atomic E-state index is 12.5. The van der Waals surface area contributed by atoms with Crippen LogP contribution in [0.25, 0.3) is 5.69 Å². The Balaban J connectivity index is 2.30. The minimum Gasteiger partial charge on any atom is -0.256 e. The van der Waals surface area contributed by atoms with E-state index in [-0.39, 0.29) is 11.7 Å². The summed E-state index contributed by atoms with van der Waals surface area (Å²) in [6, 6.07) is 9.81. The summed E-state index contributed by atoms with van der Waals surface area (Å²) in [7, 11) is 0. The maximum Gasteiger partial charge on any atom is 0.350 e. The number of aromatic nitrogens is 3. The van der Waals surface area contributed by atoms with Gasteiger partial charge in [0.1, 0.15) is 0 Å². The Kier molecular flexibility index (Phi) is 2.70. The van der Waals surface area contributed by atoms with Gasteiger partial charge in [-0.3, -0.25) is 4.68 Å². The van der Waals surface area contributed by atoms with Crippen LogP contribution in [0, 0.1) is 4.77 Å². The van der Waals surface area contributed by atoms with Crippen LogP contribution in [0.1, 0.15) is 25.8 Å². The Morgan fingerprint density at radius 1 is 1.28 bits per heavy atom. The third-order valence-electron chi connectivity index (χ3n) is 3.48.